The van der Waals surface area contributed by atoms with E-state index in [2.05, 4.69) is 33.2 Å². The smallest absolute Gasteiger partial charge is 0.252 e. The van der Waals surface area contributed by atoms with Crippen molar-refractivity contribution in [3.8, 4) is 0 Å². The van der Waals surface area contributed by atoms with Crippen molar-refractivity contribution in [1.29, 1.82) is 0 Å². The highest BCUT2D eigenvalue weighted by molar-refractivity contribution is 9.10. The number of nitrogen functional groups attached to an aromatic ring is 1. The summed E-state index contributed by atoms with van der Waals surface area (Å²) < 4.78 is 0.799. The van der Waals surface area contributed by atoms with Crippen LogP contribution in [0.15, 0.2) is 22.8 Å². The SMILES string of the molecule is CCc1cnc(CNC(=O)c2cc(Br)cc(N)c2C)s1. The molecule has 1 heterocycles. The van der Waals surface area contributed by atoms with Gasteiger partial charge in [0.15, 0.2) is 0 Å². The number of halogens is 1. The van der Waals surface area contributed by atoms with Crippen molar-refractivity contribution in [1.82, 2.24) is 10.3 Å². The predicted molar refractivity (Wildman–Crippen MR) is 86.0 cm³/mol. The Balaban J connectivity index is 2.09. The molecule has 4 nitrogen and oxygen atoms in total. The maximum atomic E-state index is 12.2. The lowest BCUT2D eigenvalue weighted by molar-refractivity contribution is 0.0950. The van der Waals surface area contributed by atoms with Crippen molar-refractivity contribution in [2.45, 2.75) is 26.8 Å². The number of nitrogens with two attached hydrogens (primary N) is 1. The fourth-order valence-electron chi connectivity index (χ4n) is 1.78. The van der Waals surface area contributed by atoms with Gasteiger partial charge in [-0.3, -0.25) is 4.79 Å². The molecule has 1 amide bonds. The maximum absolute atomic E-state index is 12.2. The summed E-state index contributed by atoms with van der Waals surface area (Å²) in [5.74, 6) is -0.135. The third kappa shape index (κ3) is 3.37. The minimum absolute atomic E-state index is 0.135. The van der Waals surface area contributed by atoms with Gasteiger partial charge in [-0.15, -0.1) is 11.3 Å². The summed E-state index contributed by atoms with van der Waals surface area (Å²) in [6, 6.07) is 3.57. The summed E-state index contributed by atoms with van der Waals surface area (Å²) >= 11 is 4.97. The molecule has 0 aliphatic rings. The standard InChI is InChI=1S/C14H16BrN3OS/c1-3-10-6-17-13(20-10)7-18-14(19)11-4-9(15)5-12(16)8(11)2/h4-6H,3,7,16H2,1-2H3,(H,18,19). The van der Waals surface area contributed by atoms with Gasteiger partial charge in [-0.1, -0.05) is 22.9 Å². The average molecular weight is 354 g/mol. The van der Waals surface area contributed by atoms with Crippen molar-refractivity contribution in [2.75, 3.05) is 5.73 Å². The van der Waals surface area contributed by atoms with E-state index in [9.17, 15) is 4.79 Å². The van der Waals surface area contributed by atoms with E-state index in [0.717, 1.165) is 21.5 Å². The van der Waals surface area contributed by atoms with Gasteiger partial charge in [0.1, 0.15) is 5.01 Å². The molecule has 0 atom stereocenters. The highest BCUT2D eigenvalue weighted by atomic mass is 79.9. The first-order valence-corrected chi connectivity index (χ1v) is 7.89. The number of thiazole rings is 1. The van der Waals surface area contributed by atoms with Crippen molar-refractivity contribution >= 4 is 38.9 Å². The Hall–Kier alpha value is -1.40. The summed E-state index contributed by atoms with van der Waals surface area (Å²) in [5, 5.41) is 3.79. The van der Waals surface area contributed by atoms with Crippen LogP contribution in [0.1, 0.15) is 32.7 Å². The van der Waals surface area contributed by atoms with E-state index in [1.807, 2.05) is 13.1 Å². The monoisotopic (exact) mass is 353 g/mol. The van der Waals surface area contributed by atoms with Crippen LogP contribution in [-0.4, -0.2) is 10.9 Å². The summed E-state index contributed by atoms with van der Waals surface area (Å²) in [5.41, 5.74) is 7.85. The van der Waals surface area contributed by atoms with Crippen LogP contribution in [-0.2, 0) is 13.0 Å². The van der Waals surface area contributed by atoms with Crippen LogP contribution < -0.4 is 11.1 Å². The van der Waals surface area contributed by atoms with Crippen LogP contribution in [0, 0.1) is 6.92 Å². The number of amides is 1. The second kappa shape index (κ2) is 6.37. The number of hydrogen-bond donors (Lipinski definition) is 2. The highest BCUT2D eigenvalue weighted by Crippen LogP contribution is 2.23. The zero-order valence-electron chi connectivity index (χ0n) is 11.4. The van der Waals surface area contributed by atoms with E-state index >= 15 is 0 Å². The van der Waals surface area contributed by atoms with Gasteiger partial charge in [-0.2, -0.15) is 0 Å². The molecule has 6 heteroatoms. The van der Waals surface area contributed by atoms with Crippen molar-refractivity contribution < 1.29 is 4.79 Å². The molecule has 1 aromatic carbocycles. The lowest BCUT2D eigenvalue weighted by Gasteiger charge is -2.09. The van der Waals surface area contributed by atoms with Crippen LogP contribution >= 0.6 is 27.3 Å². The number of benzene rings is 1. The van der Waals surface area contributed by atoms with Crippen LogP contribution in [0.4, 0.5) is 5.69 Å². The van der Waals surface area contributed by atoms with Crippen LogP contribution in [0.3, 0.4) is 0 Å². The van der Waals surface area contributed by atoms with E-state index in [-0.39, 0.29) is 5.91 Å². The van der Waals surface area contributed by atoms with Gasteiger partial charge in [0.25, 0.3) is 5.91 Å². The van der Waals surface area contributed by atoms with Gasteiger partial charge < -0.3 is 11.1 Å². The lowest BCUT2D eigenvalue weighted by atomic mass is 10.1. The molecule has 0 fully saturated rings. The molecular formula is C14H16BrN3OS. The van der Waals surface area contributed by atoms with Crippen molar-refractivity contribution in [2.24, 2.45) is 0 Å². The molecule has 0 saturated heterocycles. The Morgan fingerprint density at radius 3 is 2.90 bits per heavy atom. The Bertz CT molecular complexity index is 639. The Labute approximate surface area is 130 Å². The minimum atomic E-state index is -0.135. The number of rotatable bonds is 4. The second-order valence-corrected chi connectivity index (χ2v) is 6.54. The fraction of sp³-hybridized carbons (Fsp3) is 0.286. The van der Waals surface area contributed by atoms with Crippen LogP contribution in [0.25, 0.3) is 0 Å². The number of aromatic nitrogens is 1. The minimum Gasteiger partial charge on any atom is -0.398 e. The third-order valence-corrected chi connectivity index (χ3v) is 4.61. The average Bonchev–Trinajstić information content (AvgIpc) is 2.88. The number of aryl methyl sites for hydroxylation is 1. The Morgan fingerprint density at radius 2 is 2.25 bits per heavy atom. The Kier molecular flexibility index (Phi) is 4.77. The molecule has 1 aromatic heterocycles. The molecule has 0 unspecified atom stereocenters. The first-order valence-electron chi connectivity index (χ1n) is 6.28. The van der Waals surface area contributed by atoms with Gasteiger partial charge in [0.05, 0.1) is 6.54 Å². The molecule has 2 rings (SSSR count). The normalized spacial score (nSPS) is 10.6. The molecule has 0 bridgehead atoms. The first kappa shape index (κ1) is 15.0. The predicted octanol–water partition coefficient (Wildman–Crippen LogP) is 3.29. The number of carbonyl (C=O) groups excluding carboxylic acids is 1. The van der Waals surface area contributed by atoms with Crippen LogP contribution in [0.2, 0.25) is 0 Å². The molecule has 0 radical (unpaired) electrons. The van der Waals surface area contributed by atoms with Crippen LogP contribution in [0.5, 0.6) is 0 Å². The third-order valence-electron chi connectivity index (χ3n) is 3.01. The molecule has 0 aliphatic carbocycles. The molecule has 2 aromatic rings. The van der Waals surface area contributed by atoms with Crippen molar-refractivity contribution in [3.63, 3.8) is 0 Å². The zero-order valence-corrected chi connectivity index (χ0v) is 13.8. The first-order chi connectivity index (χ1) is 9.51. The zero-order chi connectivity index (χ0) is 14.7. The maximum Gasteiger partial charge on any atom is 0.252 e. The van der Waals surface area contributed by atoms with E-state index in [4.69, 9.17) is 5.73 Å². The van der Waals surface area contributed by atoms with E-state index < -0.39 is 0 Å². The van der Waals surface area contributed by atoms with E-state index in [0.29, 0.717) is 17.8 Å². The quantitative estimate of drug-likeness (QED) is 0.828. The number of anilines is 1. The second-order valence-electron chi connectivity index (χ2n) is 4.42. The van der Waals surface area contributed by atoms with Gasteiger partial charge in [0.2, 0.25) is 0 Å². The molecule has 0 spiro atoms. The number of nitrogens with one attached hydrogen (secondary N) is 1. The van der Waals surface area contributed by atoms with Crippen molar-refractivity contribution in [3.05, 3.63) is 43.8 Å². The summed E-state index contributed by atoms with van der Waals surface area (Å²) in [7, 11) is 0. The molecule has 0 saturated carbocycles. The van der Waals surface area contributed by atoms with Gasteiger partial charge >= 0.3 is 0 Å². The van der Waals surface area contributed by atoms with Gasteiger partial charge in [-0.05, 0) is 31.0 Å². The molecule has 3 N–H and O–H groups in total. The highest BCUT2D eigenvalue weighted by Gasteiger charge is 2.12. The topological polar surface area (TPSA) is 68.0 Å². The number of hydrogen-bond acceptors (Lipinski definition) is 4. The molecule has 20 heavy (non-hydrogen) atoms. The summed E-state index contributed by atoms with van der Waals surface area (Å²) in [4.78, 5) is 17.7. The Morgan fingerprint density at radius 1 is 1.50 bits per heavy atom. The number of carbonyl (C=O) groups is 1. The van der Waals surface area contributed by atoms with E-state index in [1.165, 1.54) is 4.88 Å². The molecule has 0 aliphatic heterocycles. The summed E-state index contributed by atoms with van der Waals surface area (Å²) in [6.45, 7) is 4.37. The lowest BCUT2D eigenvalue weighted by Crippen LogP contribution is -2.23. The summed E-state index contributed by atoms with van der Waals surface area (Å²) in [6.07, 6.45) is 2.82. The van der Waals surface area contributed by atoms with Gasteiger partial charge in [0, 0.05) is 26.8 Å². The largest absolute Gasteiger partial charge is 0.398 e. The number of nitrogens with zero attached hydrogens (tertiary/aromatic N) is 1. The molecular weight excluding hydrogens is 338 g/mol. The van der Waals surface area contributed by atoms with E-state index in [1.54, 1.807) is 23.5 Å². The fourth-order valence-corrected chi connectivity index (χ4v) is 3.06. The molecule has 106 valence electrons. The van der Waals surface area contributed by atoms with Gasteiger partial charge in [-0.25, -0.2) is 4.98 Å².